The molecule has 2 nitrogen and oxygen atoms in total. The fourth-order valence-electron chi connectivity index (χ4n) is 3.53. The van der Waals surface area contributed by atoms with Crippen LogP contribution in [0.15, 0.2) is 66.7 Å². The predicted molar refractivity (Wildman–Crippen MR) is 112 cm³/mol. The van der Waals surface area contributed by atoms with E-state index < -0.39 is 0 Å². The molecule has 3 rings (SSSR count). The molecule has 138 valence electrons. The lowest BCUT2D eigenvalue weighted by atomic mass is 9.87. The minimum Gasteiger partial charge on any atom is -0.462 e. The first-order valence-corrected chi connectivity index (χ1v) is 9.61. The Morgan fingerprint density at radius 1 is 0.852 bits per heavy atom. The van der Waals surface area contributed by atoms with E-state index in [0.29, 0.717) is 12.2 Å². The minimum absolute atomic E-state index is 0.272. The van der Waals surface area contributed by atoms with Gasteiger partial charge < -0.3 is 4.74 Å². The van der Waals surface area contributed by atoms with Crippen LogP contribution in [0.2, 0.25) is 0 Å². The number of ether oxygens (including phenoxy) is 1. The van der Waals surface area contributed by atoms with E-state index in [-0.39, 0.29) is 5.97 Å². The second-order valence-corrected chi connectivity index (χ2v) is 6.70. The summed E-state index contributed by atoms with van der Waals surface area (Å²) in [5.74, 6) is -0.272. The van der Waals surface area contributed by atoms with E-state index in [9.17, 15) is 4.79 Å². The van der Waals surface area contributed by atoms with Crippen molar-refractivity contribution in [1.82, 2.24) is 0 Å². The molecule has 27 heavy (non-hydrogen) atoms. The Kier molecular flexibility index (Phi) is 6.08. The number of hydrogen-bond donors (Lipinski definition) is 0. The van der Waals surface area contributed by atoms with Crippen molar-refractivity contribution in [1.29, 1.82) is 0 Å². The molecule has 0 aromatic heterocycles. The monoisotopic (exact) mass is 358 g/mol. The molecular formula is C25H26O2. The number of benzene rings is 3. The van der Waals surface area contributed by atoms with Crippen molar-refractivity contribution in [3.63, 3.8) is 0 Å². The van der Waals surface area contributed by atoms with Gasteiger partial charge in [0.15, 0.2) is 0 Å². The predicted octanol–water partition coefficient (Wildman–Crippen LogP) is 6.46. The second kappa shape index (κ2) is 8.68. The quantitative estimate of drug-likeness (QED) is 0.473. The summed E-state index contributed by atoms with van der Waals surface area (Å²) in [6.45, 7) is 6.56. The molecule has 0 unspecified atom stereocenters. The molecule has 0 aliphatic rings. The molecule has 2 heteroatoms. The average molecular weight is 358 g/mol. The van der Waals surface area contributed by atoms with Crippen LogP contribution in [0.4, 0.5) is 0 Å². The number of rotatable bonds is 6. The summed E-state index contributed by atoms with van der Waals surface area (Å²) in [7, 11) is 0. The topological polar surface area (TPSA) is 26.3 Å². The Balaban J connectivity index is 2.14. The SMILES string of the molecule is CCCc1c(-c2cccc(C(=O)OCC)c2)cccc1-c1ccccc1C. The van der Waals surface area contributed by atoms with Crippen LogP contribution in [-0.2, 0) is 11.2 Å². The van der Waals surface area contributed by atoms with Gasteiger partial charge in [0.1, 0.15) is 0 Å². The van der Waals surface area contributed by atoms with Gasteiger partial charge in [-0.05, 0) is 65.8 Å². The first-order valence-electron chi connectivity index (χ1n) is 9.61. The number of hydrogen-bond acceptors (Lipinski definition) is 2. The third-order valence-corrected chi connectivity index (χ3v) is 4.80. The molecule has 3 aromatic carbocycles. The Bertz CT molecular complexity index is 941. The summed E-state index contributed by atoms with van der Waals surface area (Å²) in [6, 6.07) is 22.7. The van der Waals surface area contributed by atoms with Crippen molar-refractivity contribution < 1.29 is 9.53 Å². The van der Waals surface area contributed by atoms with Crippen LogP contribution in [0.25, 0.3) is 22.3 Å². The summed E-state index contributed by atoms with van der Waals surface area (Å²) in [4.78, 5) is 12.1. The maximum atomic E-state index is 12.1. The van der Waals surface area contributed by atoms with Gasteiger partial charge in [0.2, 0.25) is 0 Å². The summed E-state index contributed by atoms with van der Waals surface area (Å²) < 4.78 is 5.17. The first kappa shape index (κ1) is 18.9. The van der Waals surface area contributed by atoms with Crippen LogP contribution < -0.4 is 0 Å². The molecule has 0 aliphatic heterocycles. The first-order chi connectivity index (χ1) is 13.2. The maximum absolute atomic E-state index is 12.1. The molecule has 0 aliphatic carbocycles. The van der Waals surface area contributed by atoms with Gasteiger partial charge in [-0.3, -0.25) is 0 Å². The van der Waals surface area contributed by atoms with Gasteiger partial charge in [-0.2, -0.15) is 0 Å². The van der Waals surface area contributed by atoms with Crippen molar-refractivity contribution in [3.05, 3.63) is 83.4 Å². The fourth-order valence-corrected chi connectivity index (χ4v) is 3.53. The highest BCUT2D eigenvalue weighted by molar-refractivity contribution is 5.91. The molecule has 0 spiro atoms. The smallest absolute Gasteiger partial charge is 0.338 e. The average Bonchev–Trinajstić information content (AvgIpc) is 2.69. The summed E-state index contributed by atoms with van der Waals surface area (Å²) in [6.07, 6.45) is 2.05. The third-order valence-electron chi connectivity index (χ3n) is 4.80. The lowest BCUT2D eigenvalue weighted by Gasteiger charge is -2.17. The zero-order chi connectivity index (χ0) is 19.2. The van der Waals surface area contributed by atoms with Gasteiger partial charge in [0.05, 0.1) is 12.2 Å². The van der Waals surface area contributed by atoms with Crippen molar-refractivity contribution in [2.45, 2.75) is 33.6 Å². The molecule has 0 atom stereocenters. The molecule has 0 fully saturated rings. The molecule has 0 amide bonds. The molecule has 0 saturated heterocycles. The lowest BCUT2D eigenvalue weighted by Crippen LogP contribution is -2.04. The largest absolute Gasteiger partial charge is 0.462 e. The van der Waals surface area contributed by atoms with E-state index in [2.05, 4.69) is 62.4 Å². The van der Waals surface area contributed by atoms with Gasteiger partial charge in [0, 0.05) is 0 Å². The molecule has 3 aromatic rings. The molecular weight excluding hydrogens is 332 g/mol. The van der Waals surface area contributed by atoms with Crippen LogP contribution in [0.1, 0.15) is 41.8 Å². The zero-order valence-electron chi connectivity index (χ0n) is 16.3. The standard InChI is InChI=1S/C25H26O2/c1-4-10-23-22(19-12-8-13-20(17-19)25(26)27-5-2)15-9-16-24(23)21-14-7-6-11-18(21)3/h6-9,11-17H,4-5,10H2,1-3H3. The van der Waals surface area contributed by atoms with Gasteiger partial charge in [-0.25, -0.2) is 4.79 Å². The van der Waals surface area contributed by atoms with Gasteiger partial charge in [-0.15, -0.1) is 0 Å². The molecule has 0 N–H and O–H groups in total. The van der Waals surface area contributed by atoms with Crippen LogP contribution in [0, 0.1) is 6.92 Å². The Morgan fingerprint density at radius 3 is 2.30 bits per heavy atom. The van der Waals surface area contributed by atoms with E-state index >= 15 is 0 Å². The Labute approximate surface area is 161 Å². The normalized spacial score (nSPS) is 10.6. The summed E-state index contributed by atoms with van der Waals surface area (Å²) >= 11 is 0. The highest BCUT2D eigenvalue weighted by atomic mass is 16.5. The second-order valence-electron chi connectivity index (χ2n) is 6.70. The number of carbonyl (C=O) groups excluding carboxylic acids is 1. The molecule has 0 heterocycles. The number of esters is 1. The molecule has 0 bridgehead atoms. The van der Waals surface area contributed by atoms with Crippen molar-refractivity contribution in [2.24, 2.45) is 0 Å². The van der Waals surface area contributed by atoms with Gasteiger partial charge in [0.25, 0.3) is 0 Å². The Morgan fingerprint density at radius 2 is 1.56 bits per heavy atom. The van der Waals surface area contributed by atoms with Crippen LogP contribution in [-0.4, -0.2) is 12.6 Å². The van der Waals surface area contributed by atoms with Crippen LogP contribution in [0.3, 0.4) is 0 Å². The summed E-state index contributed by atoms with van der Waals surface area (Å²) in [5, 5.41) is 0. The van der Waals surface area contributed by atoms with E-state index in [1.54, 1.807) is 0 Å². The summed E-state index contributed by atoms with van der Waals surface area (Å²) in [5.41, 5.74) is 7.97. The van der Waals surface area contributed by atoms with E-state index in [0.717, 1.165) is 18.4 Å². The molecule has 0 saturated carbocycles. The lowest BCUT2D eigenvalue weighted by molar-refractivity contribution is 0.0526. The van der Waals surface area contributed by atoms with Gasteiger partial charge >= 0.3 is 5.97 Å². The molecule has 0 radical (unpaired) electrons. The van der Waals surface area contributed by atoms with E-state index in [1.165, 1.54) is 27.8 Å². The zero-order valence-corrected chi connectivity index (χ0v) is 16.3. The maximum Gasteiger partial charge on any atom is 0.338 e. The third kappa shape index (κ3) is 4.11. The minimum atomic E-state index is -0.272. The highest BCUT2D eigenvalue weighted by Crippen LogP contribution is 2.35. The van der Waals surface area contributed by atoms with E-state index in [4.69, 9.17) is 4.74 Å². The number of aryl methyl sites for hydroxylation is 1. The van der Waals surface area contributed by atoms with Crippen molar-refractivity contribution in [2.75, 3.05) is 6.61 Å². The number of carbonyl (C=O) groups is 1. The Hall–Kier alpha value is -2.87. The van der Waals surface area contributed by atoms with Crippen molar-refractivity contribution in [3.8, 4) is 22.3 Å². The van der Waals surface area contributed by atoms with Gasteiger partial charge in [-0.1, -0.05) is 67.9 Å². The fraction of sp³-hybridized carbons (Fsp3) is 0.240. The highest BCUT2D eigenvalue weighted by Gasteiger charge is 2.14. The van der Waals surface area contributed by atoms with Crippen LogP contribution >= 0.6 is 0 Å². The van der Waals surface area contributed by atoms with Crippen molar-refractivity contribution >= 4 is 5.97 Å². The van der Waals surface area contributed by atoms with E-state index in [1.807, 2.05) is 25.1 Å². The van der Waals surface area contributed by atoms with Crippen LogP contribution in [0.5, 0.6) is 0 Å².